The summed E-state index contributed by atoms with van der Waals surface area (Å²) in [7, 11) is 0. The molecule has 2 fully saturated rings. The van der Waals surface area contributed by atoms with Gasteiger partial charge in [0.15, 0.2) is 6.29 Å². The van der Waals surface area contributed by atoms with E-state index < -0.39 is 18.2 Å². The van der Waals surface area contributed by atoms with E-state index in [2.05, 4.69) is 26.1 Å². The lowest BCUT2D eigenvalue weighted by Gasteiger charge is -2.27. The number of amides is 2. The summed E-state index contributed by atoms with van der Waals surface area (Å²) in [6.07, 6.45) is 14.1. The molecule has 1 aliphatic carbocycles. The minimum absolute atomic E-state index is 0.00344. The molecule has 0 spiro atoms. The molecule has 1 unspecified atom stereocenters. The minimum Gasteiger partial charge on any atom is -0.357 e. The molecule has 32 heavy (non-hydrogen) atoms. The predicted octanol–water partition coefficient (Wildman–Crippen LogP) is 2.95. The number of hydrogen-bond acceptors (Lipinski definition) is 7. The fourth-order valence-corrected chi connectivity index (χ4v) is 3.85. The predicted molar refractivity (Wildman–Crippen MR) is 121 cm³/mol. The number of nitrogens with one attached hydrogen (secondary N) is 3. The van der Waals surface area contributed by atoms with Crippen molar-refractivity contribution < 1.29 is 19.2 Å². The molecule has 3 N–H and O–H groups in total. The number of ether oxygens (including phenoxy) is 1. The number of hydroxylamine groups is 1. The molecule has 1 aromatic heterocycles. The van der Waals surface area contributed by atoms with Gasteiger partial charge < -0.3 is 15.4 Å². The zero-order valence-corrected chi connectivity index (χ0v) is 19.0. The van der Waals surface area contributed by atoms with Gasteiger partial charge in [-0.05, 0) is 37.7 Å². The van der Waals surface area contributed by atoms with E-state index in [4.69, 9.17) is 9.57 Å². The molecule has 1 aromatic rings. The fraction of sp³-hybridized carbons (Fsp3) is 0.652. The van der Waals surface area contributed by atoms with Gasteiger partial charge in [-0.15, -0.1) is 0 Å². The molecule has 0 bridgehead atoms. The standard InChI is InChI=1S/C23H35N5O4/c1-16(2)22(23(30)26-17-8-4-3-5-9-17)27-19-15-24-18(14-25-19)11-12-20(29)28-32-21-10-6-7-13-31-21/h11-12,14-17,21-22H,3-10,13H2,1-2H3,(H,25,27)(H,26,30)(H,28,29)/t21?,22-/m1/s1. The topological polar surface area (TPSA) is 114 Å². The first kappa shape index (κ1) is 24.1. The molecule has 2 atom stereocenters. The second-order valence-electron chi connectivity index (χ2n) is 8.75. The van der Waals surface area contributed by atoms with Gasteiger partial charge in [0.25, 0.3) is 5.91 Å². The lowest BCUT2D eigenvalue weighted by molar-refractivity contribution is -0.198. The molecule has 2 heterocycles. The Kier molecular flexibility index (Phi) is 9.43. The molecule has 176 valence electrons. The molecule has 9 heteroatoms. The van der Waals surface area contributed by atoms with Crippen molar-refractivity contribution in [2.45, 2.75) is 83.6 Å². The van der Waals surface area contributed by atoms with Gasteiger partial charge in [-0.25, -0.2) is 15.3 Å². The van der Waals surface area contributed by atoms with Crippen LogP contribution >= 0.6 is 0 Å². The van der Waals surface area contributed by atoms with E-state index in [0.717, 1.165) is 32.1 Å². The highest BCUT2D eigenvalue weighted by atomic mass is 16.8. The lowest BCUT2D eigenvalue weighted by atomic mass is 9.94. The third-order valence-corrected chi connectivity index (χ3v) is 5.71. The minimum atomic E-state index is -0.401. The normalized spacial score (nSPS) is 20.8. The van der Waals surface area contributed by atoms with Crippen LogP contribution in [0.4, 0.5) is 5.82 Å². The van der Waals surface area contributed by atoms with Crippen LogP contribution in [-0.4, -0.2) is 46.8 Å². The zero-order chi connectivity index (χ0) is 22.8. The maximum absolute atomic E-state index is 12.8. The molecule has 3 rings (SSSR count). The average molecular weight is 446 g/mol. The quantitative estimate of drug-likeness (QED) is 0.395. The summed E-state index contributed by atoms with van der Waals surface area (Å²) in [5.41, 5.74) is 2.88. The van der Waals surface area contributed by atoms with Crippen molar-refractivity contribution in [3.05, 3.63) is 24.2 Å². The molecule has 1 saturated heterocycles. The van der Waals surface area contributed by atoms with Gasteiger partial charge in [-0.2, -0.15) is 0 Å². The first-order valence-electron chi connectivity index (χ1n) is 11.7. The molecule has 0 aromatic carbocycles. The fourth-order valence-electron chi connectivity index (χ4n) is 3.85. The largest absolute Gasteiger partial charge is 0.357 e. The molecular weight excluding hydrogens is 410 g/mol. The Bertz CT molecular complexity index is 756. The van der Waals surface area contributed by atoms with E-state index in [1.54, 1.807) is 18.5 Å². The van der Waals surface area contributed by atoms with Gasteiger partial charge in [0, 0.05) is 25.1 Å². The lowest BCUT2D eigenvalue weighted by Crippen LogP contribution is -2.47. The Labute approximate surface area is 189 Å². The van der Waals surface area contributed by atoms with E-state index >= 15 is 0 Å². The summed E-state index contributed by atoms with van der Waals surface area (Å²) in [5, 5.41) is 6.37. The van der Waals surface area contributed by atoms with Crippen LogP contribution in [0.1, 0.15) is 70.9 Å². The molecule has 1 saturated carbocycles. The van der Waals surface area contributed by atoms with Crippen molar-refractivity contribution in [3.8, 4) is 0 Å². The first-order chi connectivity index (χ1) is 15.5. The molecule has 9 nitrogen and oxygen atoms in total. The summed E-state index contributed by atoms with van der Waals surface area (Å²) >= 11 is 0. The Balaban J connectivity index is 1.47. The summed E-state index contributed by atoms with van der Waals surface area (Å²) in [6.45, 7) is 4.65. The van der Waals surface area contributed by atoms with Crippen LogP contribution in [0.2, 0.25) is 0 Å². The summed E-state index contributed by atoms with van der Waals surface area (Å²) in [4.78, 5) is 38.6. The molecule has 2 aliphatic rings. The number of anilines is 1. The number of hydrogen-bond donors (Lipinski definition) is 3. The highest BCUT2D eigenvalue weighted by Gasteiger charge is 2.25. The van der Waals surface area contributed by atoms with Gasteiger partial charge in [0.2, 0.25) is 5.91 Å². The van der Waals surface area contributed by atoms with E-state index in [1.807, 2.05) is 13.8 Å². The van der Waals surface area contributed by atoms with E-state index in [-0.39, 0.29) is 17.9 Å². The summed E-state index contributed by atoms with van der Waals surface area (Å²) in [6, 6.07) is -0.129. The second-order valence-corrected chi connectivity index (χ2v) is 8.75. The highest BCUT2D eigenvalue weighted by Crippen LogP contribution is 2.18. The summed E-state index contributed by atoms with van der Waals surface area (Å²) in [5.74, 6) is 0.206. The van der Waals surface area contributed by atoms with Crippen LogP contribution in [0.25, 0.3) is 6.08 Å². The van der Waals surface area contributed by atoms with Crippen molar-refractivity contribution in [2.24, 2.45) is 5.92 Å². The number of nitrogens with zero attached hydrogens (tertiary/aromatic N) is 2. The Morgan fingerprint density at radius 2 is 1.88 bits per heavy atom. The number of carbonyl (C=O) groups excluding carboxylic acids is 2. The van der Waals surface area contributed by atoms with Crippen LogP contribution in [-0.2, 0) is 19.2 Å². The smallest absolute Gasteiger partial charge is 0.267 e. The molecule has 2 amide bonds. The van der Waals surface area contributed by atoms with Crippen LogP contribution in [0.3, 0.4) is 0 Å². The number of carbonyl (C=O) groups is 2. The van der Waals surface area contributed by atoms with E-state index in [1.165, 1.54) is 25.3 Å². The maximum Gasteiger partial charge on any atom is 0.267 e. The second kappa shape index (κ2) is 12.5. The molecular formula is C23H35N5O4. The third-order valence-electron chi connectivity index (χ3n) is 5.71. The third kappa shape index (κ3) is 7.87. The van der Waals surface area contributed by atoms with Crippen molar-refractivity contribution in [1.29, 1.82) is 0 Å². The van der Waals surface area contributed by atoms with E-state index in [9.17, 15) is 9.59 Å². The first-order valence-corrected chi connectivity index (χ1v) is 11.7. The van der Waals surface area contributed by atoms with E-state index in [0.29, 0.717) is 18.1 Å². The number of rotatable bonds is 9. The molecule has 1 aliphatic heterocycles. The van der Waals surface area contributed by atoms with Crippen LogP contribution in [0.15, 0.2) is 18.5 Å². The summed E-state index contributed by atoms with van der Waals surface area (Å²) < 4.78 is 5.39. The van der Waals surface area contributed by atoms with Gasteiger partial charge >= 0.3 is 0 Å². The van der Waals surface area contributed by atoms with Crippen LogP contribution in [0.5, 0.6) is 0 Å². The Morgan fingerprint density at radius 3 is 2.53 bits per heavy atom. The van der Waals surface area contributed by atoms with Gasteiger partial charge in [-0.3, -0.25) is 14.6 Å². The SMILES string of the molecule is CC(C)[C@@H](Nc1cnc(C=CC(=O)NOC2CCCCO2)cn1)C(=O)NC1CCCCC1. The van der Waals surface area contributed by atoms with Crippen LogP contribution in [0, 0.1) is 5.92 Å². The average Bonchev–Trinajstić information content (AvgIpc) is 2.81. The van der Waals surface area contributed by atoms with Crippen LogP contribution < -0.4 is 16.1 Å². The highest BCUT2D eigenvalue weighted by molar-refractivity contribution is 5.90. The zero-order valence-electron chi connectivity index (χ0n) is 19.0. The number of aromatic nitrogens is 2. The van der Waals surface area contributed by atoms with Crippen molar-refractivity contribution in [1.82, 2.24) is 20.8 Å². The van der Waals surface area contributed by atoms with Crippen molar-refractivity contribution >= 4 is 23.7 Å². The van der Waals surface area contributed by atoms with Crippen molar-refractivity contribution in [2.75, 3.05) is 11.9 Å². The monoisotopic (exact) mass is 445 g/mol. The van der Waals surface area contributed by atoms with Gasteiger partial charge in [-0.1, -0.05) is 33.1 Å². The van der Waals surface area contributed by atoms with Gasteiger partial charge in [0.05, 0.1) is 18.1 Å². The Morgan fingerprint density at radius 1 is 1.09 bits per heavy atom. The molecule has 0 radical (unpaired) electrons. The van der Waals surface area contributed by atoms with Gasteiger partial charge in [0.1, 0.15) is 11.9 Å². The maximum atomic E-state index is 12.8. The van der Waals surface area contributed by atoms with Crippen molar-refractivity contribution in [3.63, 3.8) is 0 Å². The Hall–Kier alpha value is -2.52.